The minimum Gasteiger partial charge on any atom is -0.494 e. The van der Waals surface area contributed by atoms with Crippen LogP contribution in [0.1, 0.15) is 103 Å². The van der Waals surface area contributed by atoms with Crippen LogP contribution in [0.5, 0.6) is 11.5 Å². The number of benzene rings is 4. The van der Waals surface area contributed by atoms with E-state index < -0.39 is 214 Å². The van der Waals surface area contributed by atoms with Gasteiger partial charge in [-0.2, -0.15) is 0 Å². The first-order valence-corrected chi connectivity index (χ1v) is 34.1. The molecule has 8 rings (SSSR count). The number of aliphatic hydroxyl groups excluding tert-OH is 6. The number of aliphatic hydroxyl groups is 6. The molecule has 0 aromatic heterocycles. The summed E-state index contributed by atoms with van der Waals surface area (Å²) >= 11 is 0. The number of carbonyl (C=O) groups is 11. The van der Waals surface area contributed by atoms with Crippen LogP contribution < -0.4 is 36.1 Å². The predicted molar refractivity (Wildman–Crippen MR) is 362 cm³/mol. The Bertz CT molecular complexity index is 3650. The van der Waals surface area contributed by atoms with Crippen LogP contribution in [-0.2, 0) is 78.1 Å². The van der Waals surface area contributed by atoms with Gasteiger partial charge in [-0.1, -0.05) is 87.4 Å². The van der Waals surface area contributed by atoms with Gasteiger partial charge < -0.3 is 100 Å². The summed E-state index contributed by atoms with van der Waals surface area (Å²) in [5.41, 5.74) is 3.72. The molecule has 4 saturated heterocycles. The lowest BCUT2D eigenvalue weighted by molar-refractivity contribution is -0.288. The number of nitrogens with zero attached hydrogens (tertiary/aromatic N) is 2. The molecule has 4 aliphatic rings. The van der Waals surface area contributed by atoms with Crippen molar-refractivity contribution in [2.75, 3.05) is 32.8 Å². The van der Waals surface area contributed by atoms with E-state index in [4.69, 9.17) is 33.2 Å². The SMILES string of the molecule is CCCCCOc1ccc(-c2ccc(-c3ccc(C(=O)NC4CC(O)CNC(=O)C5C(O)C(C)CN5C(=O)C(C(C)O)NC(=O)C(C(O)Cc5ccc(O[C@H]6O[C@@H](COC(C)=O)[C@H](OC(C)=O)[C@@H](OC(C)=O)[C@@H]6OC(C)=O)cc5)NC(=O)C5CC(O)CN5C(=O)C(C(C)O)NC4=O)cc3)cc2)cc1. The minimum atomic E-state index is -2.11. The number of nitrogens with one attached hydrogen (secondary N) is 5. The number of ether oxygens (including phenoxy) is 7. The smallest absolute Gasteiger partial charge is 0.303 e. The van der Waals surface area contributed by atoms with Crippen molar-refractivity contribution in [3.63, 3.8) is 0 Å². The Morgan fingerprint density at radius 3 is 1.68 bits per heavy atom. The molecule has 558 valence electrons. The van der Waals surface area contributed by atoms with Crippen LogP contribution in [0.4, 0.5) is 0 Å². The van der Waals surface area contributed by atoms with Gasteiger partial charge in [0, 0.05) is 78.1 Å². The fourth-order valence-electron chi connectivity index (χ4n) is 12.7. The van der Waals surface area contributed by atoms with Crippen molar-refractivity contribution < 1.29 is 117 Å². The first-order valence-electron chi connectivity index (χ1n) is 34.1. The highest BCUT2D eigenvalue weighted by Gasteiger charge is 2.54. The molecule has 4 aromatic rings. The number of esters is 4. The van der Waals surface area contributed by atoms with Crippen LogP contribution in [0.2, 0.25) is 0 Å². The molecular formula is C72H91N7O24. The Hall–Kier alpha value is -9.63. The average molecular weight is 1440 g/mol. The average Bonchev–Trinajstić information content (AvgIpc) is 1.76. The highest BCUT2D eigenvalue weighted by Crippen LogP contribution is 2.33. The third-order valence-electron chi connectivity index (χ3n) is 18.0. The third kappa shape index (κ3) is 20.8. The van der Waals surface area contributed by atoms with E-state index in [9.17, 15) is 83.4 Å². The second-order valence-corrected chi connectivity index (χ2v) is 26.2. The van der Waals surface area contributed by atoms with E-state index in [2.05, 4.69) is 33.5 Å². The summed E-state index contributed by atoms with van der Waals surface area (Å²) in [6.07, 6.45) is -16.5. The maximum absolute atomic E-state index is 14.8. The molecule has 0 aliphatic carbocycles. The summed E-state index contributed by atoms with van der Waals surface area (Å²) in [6, 6.07) is 16.1. The summed E-state index contributed by atoms with van der Waals surface area (Å²) in [7, 11) is 0. The second kappa shape index (κ2) is 36.0. The summed E-state index contributed by atoms with van der Waals surface area (Å²) in [4.78, 5) is 153. The number of carbonyl (C=O) groups excluding carboxylic acids is 11. The molecule has 18 atom stereocenters. The highest BCUT2D eigenvalue weighted by molar-refractivity contribution is 6.00. The summed E-state index contributed by atoms with van der Waals surface area (Å²) in [6.45, 7) is 8.63. The van der Waals surface area contributed by atoms with E-state index in [1.165, 1.54) is 43.3 Å². The zero-order chi connectivity index (χ0) is 75.1. The van der Waals surface area contributed by atoms with E-state index >= 15 is 0 Å². The Morgan fingerprint density at radius 1 is 0.592 bits per heavy atom. The van der Waals surface area contributed by atoms with Gasteiger partial charge >= 0.3 is 23.9 Å². The van der Waals surface area contributed by atoms with Crippen LogP contribution in [0, 0.1) is 5.92 Å². The predicted octanol–water partition coefficient (Wildman–Crippen LogP) is 0.0199. The van der Waals surface area contributed by atoms with E-state index in [0.29, 0.717) is 6.61 Å². The topological polar surface area (TPSA) is 440 Å². The number of fused-ring (bicyclic) bond motifs is 2. The highest BCUT2D eigenvalue weighted by atomic mass is 16.7. The molecule has 0 bridgehead atoms. The zero-order valence-electron chi connectivity index (χ0n) is 58.3. The van der Waals surface area contributed by atoms with Crippen LogP contribution in [0.15, 0.2) is 97.1 Å². The molecule has 4 fully saturated rings. The van der Waals surface area contributed by atoms with Gasteiger partial charge in [0.1, 0.15) is 60.5 Å². The van der Waals surface area contributed by atoms with Crippen LogP contribution in [0.25, 0.3) is 22.3 Å². The summed E-state index contributed by atoms with van der Waals surface area (Å²) in [5, 5.41) is 81.0. The van der Waals surface area contributed by atoms with Crippen molar-refractivity contribution in [2.45, 2.75) is 197 Å². The molecule has 11 N–H and O–H groups in total. The molecule has 0 radical (unpaired) electrons. The molecule has 31 heteroatoms. The number of amides is 7. The Balaban J connectivity index is 1.05. The normalized spacial score (nSPS) is 27.5. The second-order valence-electron chi connectivity index (χ2n) is 26.2. The van der Waals surface area contributed by atoms with Gasteiger partial charge in [-0.15, -0.1) is 0 Å². The third-order valence-corrected chi connectivity index (χ3v) is 18.0. The lowest BCUT2D eigenvalue weighted by Crippen LogP contribution is -2.64. The van der Waals surface area contributed by atoms with Crippen molar-refractivity contribution in [3.8, 4) is 33.8 Å². The Labute approximate surface area is 594 Å². The maximum atomic E-state index is 14.8. The van der Waals surface area contributed by atoms with E-state index in [0.717, 1.165) is 98.6 Å². The van der Waals surface area contributed by atoms with Crippen molar-refractivity contribution in [1.29, 1.82) is 0 Å². The molecule has 13 unspecified atom stereocenters. The van der Waals surface area contributed by atoms with Gasteiger partial charge in [0.05, 0.1) is 43.2 Å². The lowest BCUT2D eigenvalue weighted by Gasteiger charge is -2.43. The monoisotopic (exact) mass is 1440 g/mol. The van der Waals surface area contributed by atoms with E-state index in [1.807, 2.05) is 48.5 Å². The summed E-state index contributed by atoms with van der Waals surface area (Å²) < 4.78 is 39.6. The quantitative estimate of drug-likeness (QED) is 0.0298. The zero-order valence-corrected chi connectivity index (χ0v) is 58.3. The van der Waals surface area contributed by atoms with Crippen LogP contribution in [0.3, 0.4) is 0 Å². The maximum Gasteiger partial charge on any atom is 0.303 e. The van der Waals surface area contributed by atoms with Crippen molar-refractivity contribution >= 4 is 65.2 Å². The molecule has 7 amide bonds. The fraction of sp³-hybridized carbons (Fsp3) is 0.514. The van der Waals surface area contributed by atoms with Gasteiger partial charge in [0.25, 0.3) is 5.91 Å². The van der Waals surface area contributed by atoms with Crippen molar-refractivity contribution in [1.82, 2.24) is 36.4 Å². The molecule has 103 heavy (non-hydrogen) atoms. The number of hydrogen-bond donors (Lipinski definition) is 11. The molecule has 4 heterocycles. The van der Waals surface area contributed by atoms with Gasteiger partial charge in [-0.05, 0) is 84.5 Å². The fourth-order valence-corrected chi connectivity index (χ4v) is 12.7. The molecule has 0 spiro atoms. The first-order chi connectivity index (χ1) is 48.9. The van der Waals surface area contributed by atoms with Gasteiger partial charge in [-0.25, -0.2) is 0 Å². The first kappa shape index (κ1) is 79.1. The largest absolute Gasteiger partial charge is 0.494 e. The summed E-state index contributed by atoms with van der Waals surface area (Å²) in [5.74, 6) is -11.2. The van der Waals surface area contributed by atoms with Crippen molar-refractivity contribution in [3.05, 3.63) is 108 Å². The standard InChI is InChI=1S/C72H91N7O24/c1-9-10-11-28-97-51-26-22-47(23-27-51)45-16-14-44(15-17-45)46-18-20-48(21-19-46)65(90)74-53-30-49(86)32-73-69(94)60-61(89)36(2)33-79(60)71(96)58(38(4)81)76-68(93)59(77-67(92)54-31-50(87)34-78(54)70(95)57(37(3)80)75-66(53)91)55(88)29-43-12-24-52(25-13-43)102-72-64(101-42(8)85)63(100-41(7)84)62(99-40(6)83)56(103-72)35-98-39(5)82/h12-27,36-38,49-50,53-64,72,80-81,86-89H,9-11,28-35H2,1-8H3,(H,73,94)(H,74,90)(H,75,91)(H,76,93)(H,77,92)/t36?,37?,38?,49?,50?,53?,54?,55?,56-,57?,58?,59?,60?,61?,62-,63+,64-,72-/m0/s1. The molecule has 31 nitrogen and oxygen atoms in total. The van der Waals surface area contributed by atoms with Gasteiger partial charge in [-0.3, -0.25) is 52.7 Å². The Kier molecular flexibility index (Phi) is 27.6. The number of hydrogen-bond acceptors (Lipinski definition) is 24. The Morgan fingerprint density at radius 2 is 1.12 bits per heavy atom. The van der Waals surface area contributed by atoms with Crippen LogP contribution >= 0.6 is 0 Å². The molecule has 0 saturated carbocycles. The number of rotatable bonds is 21. The minimum absolute atomic E-state index is 0.0373. The van der Waals surface area contributed by atoms with Gasteiger partial charge in [0.15, 0.2) is 12.2 Å². The number of β-amino-alcohol motifs (C(OH)–C–C–N with tert-alkyl or cyclic N) is 1. The van der Waals surface area contributed by atoms with E-state index in [-0.39, 0.29) is 23.4 Å². The molecular weight excluding hydrogens is 1350 g/mol. The van der Waals surface area contributed by atoms with Gasteiger partial charge in [0.2, 0.25) is 47.8 Å². The number of unbranched alkanes of at least 4 members (excludes halogenated alkanes) is 2. The molecule has 4 aliphatic heterocycles. The lowest BCUT2D eigenvalue weighted by atomic mass is 9.98. The molecule has 4 aromatic carbocycles. The van der Waals surface area contributed by atoms with Crippen LogP contribution in [-0.4, -0.2) is 242 Å². The van der Waals surface area contributed by atoms with Crippen molar-refractivity contribution in [2.24, 2.45) is 5.92 Å². The van der Waals surface area contributed by atoms with E-state index in [1.54, 1.807) is 12.1 Å².